The first-order valence-corrected chi connectivity index (χ1v) is 17.4. The zero-order valence-electron chi connectivity index (χ0n) is 29.5. The Morgan fingerprint density at radius 2 is 1.65 bits per heavy atom. The number of ether oxygens (including phenoxy) is 1. The normalized spacial score (nSPS) is 16.6. The number of rotatable bonds is 14. The Morgan fingerprint density at radius 3 is 2.24 bits per heavy atom. The van der Waals surface area contributed by atoms with Crippen LogP contribution in [0.2, 0.25) is 0 Å². The van der Waals surface area contributed by atoms with Gasteiger partial charge in [0.2, 0.25) is 11.8 Å². The van der Waals surface area contributed by atoms with Crippen LogP contribution in [-0.4, -0.2) is 74.3 Å². The fourth-order valence-electron chi connectivity index (χ4n) is 6.16. The molecule has 1 aliphatic heterocycles. The molecule has 2 heterocycles. The molecule has 0 aliphatic carbocycles. The van der Waals surface area contributed by atoms with Gasteiger partial charge in [0, 0.05) is 37.4 Å². The van der Waals surface area contributed by atoms with Gasteiger partial charge in [-0.05, 0) is 69.9 Å². The standard InChI is InChI=1S/C39H53N5O5/c1-28(2)35(37(47)43-22-19-32(20-23-43)44-24-21-40-27-44)42-36(46)31(18-12-17-29-13-8-6-9-14-29)26-34(45)33(25-30-15-10-7-11-16-30)41-38(48)49-39(3,4)5/h6-17,21,24,27-28,31-35,45H,18-20,22-23,25-26H2,1-5H3,(H,41,48)(H,42,46). The van der Waals surface area contributed by atoms with Crippen molar-refractivity contribution in [3.8, 4) is 0 Å². The molecule has 1 saturated heterocycles. The second-order valence-electron chi connectivity index (χ2n) is 14.3. The lowest BCUT2D eigenvalue weighted by Gasteiger charge is -2.36. The van der Waals surface area contributed by atoms with Crippen LogP contribution >= 0.6 is 0 Å². The summed E-state index contributed by atoms with van der Waals surface area (Å²) >= 11 is 0. The highest BCUT2D eigenvalue weighted by Gasteiger charge is 2.35. The average molecular weight is 672 g/mol. The molecule has 3 N–H and O–H groups in total. The largest absolute Gasteiger partial charge is 0.444 e. The third-order valence-electron chi connectivity index (χ3n) is 8.85. The number of likely N-dealkylation sites (tertiary alicyclic amines) is 1. The maximum atomic E-state index is 14.1. The van der Waals surface area contributed by atoms with Crippen molar-refractivity contribution in [2.45, 2.75) is 96.6 Å². The smallest absolute Gasteiger partial charge is 0.407 e. The molecule has 1 aliphatic rings. The summed E-state index contributed by atoms with van der Waals surface area (Å²) in [7, 11) is 0. The Bertz CT molecular complexity index is 1480. The number of hydrogen-bond acceptors (Lipinski definition) is 6. The number of aliphatic hydroxyl groups is 1. The number of alkyl carbamates (subject to hydrolysis) is 1. The van der Waals surface area contributed by atoms with Crippen LogP contribution in [0.25, 0.3) is 6.08 Å². The SMILES string of the molecule is CC(C)C(NC(=O)C(CC=Cc1ccccc1)CC(O)C(Cc1ccccc1)NC(=O)OC(C)(C)C)C(=O)N1CCC(n2ccnc2)CC1. The number of carbonyl (C=O) groups is 3. The van der Waals surface area contributed by atoms with Crippen LogP contribution in [0.4, 0.5) is 4.79 Å². The van der Waals surface area contributed by atoms with Crippen molar-refractivity contribution in [1.82, 2.24) is 25.1 Å². The topological polar surface area (TPSA) is 126 Å². The van der Waals surface area contributed by atoms with Gasteiger partial charge in [0.25, 0.3) is 0 Å². The lowest BCUT2D eigenvalue weighted by molar-refractivity contribution is -0.140. The average Bonchev–Trinajstić information content (AvgIpc) is 3.61. The van der Waals surface area contributed by atoms with E-state index in [1.54, 1.807) is 27.0 Å². The highest BCUT2D eigenvalue weighted by atomic mass is 16.6. The van der Waals surface area contributed by atoms with Crippen molar-refractivity contribution in [3.63, 3.8) is 0 Å². The van der Waals surface area contributed by atoms with Gasteiger partial charge in [0.1, 0.15) is 11.6 Å². The van der Waals surface area contributed by atoms with E-state index < -0.39 is 35.8 Å². The van der Waals surface area contributed by atoms with Gasteiger partial charge in [0.05, 0.1) is 18.5 Å². The quantitative estimate of drug-likeness (QED) is 0.199. The molecule has 3 aromatic rings. The lowest BCUT2D eigenvalue weighted by atomic mass is 9.90. The summed E-state index contributed by atoms with van der Waals surface area (Å²) in [6.07, 6.45) is 10.0. The van der Waals surface area contributed by atoms with Crippen LogP contribution in [0.15, 0.2) is 85.5 Å². The number of aliphatic hydroxyl groups excluding tert-OH is 1. The summed E-state index contributed by atoms with van der Waals surface area (Å²) < 4.78 is 7.60. The number of allylic oxidation sites excluding steroid dienone is 1. The number of imidazole rings is 1. The van der Waals surface area contributed by atoms with E-state index in [0.29, 0.717) is 32.0 Å². The molecule has 2 aromatic carbocycles. The predicted molar refractivity (Wildman–Crippen MR) is 191 cm³/mol. The number of aromatic nitrogens is 2. The van der Waals surface area contributed by atoms with Crippen LogP contribution in [0.3, 0.4) is 0 Å². The molecule has 10 nitrogen and oxygen atoms in total. The number of nitrogens with zero attached hydrogens (tertiary/aromatic N) is 3. The minimum atomic E-state index is -1.08. The summed E-state index contributed by atoms with van der Waals surface area (Å²) in [5.41, 5.74) is 1.20. The van der Waals surface area contributed by atoms with E-state index in [1.807, 2.05) is 104 Å². The van der Waals surface area contributed by atoms with E-state index in [1.165, 1.54) is 0 Å². The van der Waals surface area contributed by atoms with Gasteiger partial charge in [-0.2, -0.15) is 0 Å². The van der Waals surface area contributed by atoms with Crippen LogP contribution in [0.5, 0.6) is 0 Å². The molecule has 0 spiro atoms. The third-order valence-corrected chi connectivity index (χ3v) is 8.85. The van der Waals surface area contributed by atoms with E-state index in [9.17, 15) is 19.5 Å². The molecule has 3 amide bonds. The molecular formula is C39H53N5O5. The lowest BCUT2D eigenvalue weighted by Crippen LogP contribution is -2.54. The fraction of sp³-hybridized carbons (Fsp3) is 0.487. The molecule has 4 rings (SSSR count). The van der Waals surface area contributed by atoms with E-state index in [4.69, 9.17) is 4.74 Å². The minimum Gasteiger partial charge on any atom is -0.444 e. The molecule has 1 aromatic heterocycles. The molecule has 0 radical (unpaired) electrons. The highest BCUT2D eigenvalue weighted by Crippen LogP contribution is 2.24. The first-order chi connectivity index (χ1) is 23.4. The maximum absolute atomic E-state index is 14.1. The van der Waals surface area contributed by atoms with Crippen molar-refractivity contribution in [1.29, 1.82) is 0 Å². The number of carbonyl (C=O) groups excluding carboxylic acids is 3. The monoisotopic (exact) mass is 671 g/mol. The van der Waals surface area contributed by atoms with Crippen molar-refractivity contribution in [2.24, 2.45) is 11.8 Å². The number of amides is 3. The van der Waals surface area contributed by atoms with Crippen molar-refractivity contribution in [2.75, 3.05) is 13.1 Å². The Balaban J connectivity index is 1.50. The van der Waals surface area contributed by atoms with Crippen LogP contribution in [0.1, 0.15) is 77.5 Å². The second kappa shape index (κ2) is 17.8. The zero-order chi connectivity index (χ0) is 35.4. The first kappa shape index (κ1) is 37.4. The van der Waals surface area contributed by atoms with Gasteiger partial charge in [0.15, 0.2) is 0 Å². The first-order valence-electron chi connectivity index (χ1n) is 17.4. The Hall–Kier alpha value is -4.44. The number of piperidine rings is 1. The van der Waals surface area contributed by atoms with Crippen LogP contribution < -0.4 is 10.6 Å². The molecule has 1 fully saturated rings. The van der Waals surface area contributed by atoms with E-state index >= 15 is 0 Å². The molecular weight excluding hydrogens is 618 g/mol. The molecule has 49 heavy (non-hydrogen) atoms. The minimum absolute atomic E-state index is 0.0631. The van der Waals surface area contributed by atoms with Gasteiger partial charge in [-0.25, -0.2) is 9.78 Å². The summed E-state index contributed by atoms with van der Waals surface area (Å²) in [6, 6.07) is 18.2. The maximum Gasteiger partial charge on any atom is 0.407 e. The molecule has 0 saturated carbocycles. The van der Waals surface area contributed by atoms with Gasteiger partial charge in [-0.1, -0.05) is 86.7 Å². The molecule has 10 heteroatoms. The van der Waals surface area contributed by atoms with Gasteiger partial charge < -0.3 is 29.9 Å². The van der Waals surface area contributed by atoms with E-state index in [-0.39, 0.29) is 24.2 Å². The molecule has 4 atom stereocenters. The van der Waals surface area contributed by atoms with Crippen molar-refractivity contribution in [3.05, 3.63) is 96.6 Å². The Morgan fingerprint density at radius 1 is 1.00 bits per heavy atom. The van der Waals surface area contributed by atoms with Gasteiger partial charge in [-0.15, -0.1) is 0 Å². The summed E-state index contributed by atoms with van der Waals surface area (Å²) in [4.78, 5) is 46.8. The number of benzene rings is 2. The summed E-state index contributed by atoms with van der Waals surface area (Å²) in [5, 5.41) is 17.6. The Labute approximate surface area is 290 Å². The van der Waals surface area contributed by atoms with Gasteiger partial charge >= 0.3 is 6.09 Å². The van der Waals surface area contributed by atoms with Gasteiger partial charge in [-0.3, -0.25) is 9.59 Å². The fourth-order valence-corrected chi connectivity index (χ4v) is 6.16. The number of hydrogen-bond donors (Lipinski definition) is 3. The highest BCUT2D eigenvalue weighted by molar-refractivity contribution is 5.89. The second-order valence-corrected chi connectivity index (χ2v) is 14.3. The predicted octanol–water partition coefficient (Wildman–Crippen LogP) is 5.79. The zero-order valence-corrected chi connectivity index (χ0v) is 29.5. The Kier molecular flexibility index (Phi) is 13.6. The third kappa shape index (κ3) is 11.9. The summed E-state index contributed by atoms with van der Waals surface area (Å²) in [5.74, 6) is -1.23. The van der Waals surface area contributed by atoms with Crippen molar-refractivity contribution < 1.29 is 24.2 Å². The molecule has 264 valence electrons. The van der Waals surface area contributed by atoms with E-state index in [0.717, 1.165) is 24.0 Å². The van der Waals surface area contributed by atoms with Crippen LogP contribution in [0, 0.1) is 11.8 Å². The van der Waals surface area contributed by atoms with Crippen molar-refractivity contribution >= 4 is 24.0 Å². The van der Waals surface area contributed by atoms with Crippen LogP contribution in [-0.2, 0) is 20.7 Å². The van der Waals surface area contributed by atoms with E-state index in [2.05, 4.69) is 20.2 Å². The molecule has 4 unspecified atom stereocenters. The number of nitrogens with one attached hydrogen (secondary N) is 2. The molecule has 0 bridgehead atoms. The summed E-state index contributed by atoms with van der Waals surface area (Å²) in [6.45, 7) is 10.4.